The number of carbonyl (C=O) groups excluding carboxylic acids is 5. The van der Waals surface area contributed by atoms with E-state index in [1.165, 1.54) is 25.3 Å². The summed E-state index contributed by atoms with van der Waals surface area (Å²) in [5, 5.41) is 8.51. The Bertz CT molecular complexity index is 803. The summed E-state index contributed by atoms with van der Waals surface area (Å²) in [5.41, 5.74) is 0.0396. The molecule has 0 fully saturated rings. The number of thioether (sulfide) groups is 1. The van der Waals surface area contributed by atoms with E-state index < -0.39 is 41.2 Å². The minimum absolute atomic E-state index is 0.0396. The molecule has 2 atom stereocenters. The molecule has 0 aliphatic rings. The van der Waals surface area contributed by atoms with E-state index in [0.29, 0.717) is 13.1 Å². The maximum atomic E-state index is 12.5. The van der Waals surface area contributed by atoms with Gasteiger partial charge in [0.1, 0.15) is 5.03 Å². The van der Waals surface area contributed by atoms with E-state index in [4.69, 9.17) is 4.74 Å². The lowest BCUT2D eigenvalue weighted by atomic mass is 10.3. The Hall–Kier alpha value is -3.15. The second-order valence-corrected chi connectivity index (χ2v) is 7.19. The second-order valence-electron chi connectivity index (χ2n) is 5.86. The number of esters is 1. The van der Waals surface area contributed by atoms with E-state index in [1.807, 2.05) is 5.32 Å². The molecule has 2 unspecified atom stereocenters. The Morgan fingerprint density at radius 2 is 1.57 bits per heavy atom. The van der Waals surface area contributed by atoms with Gasteiger partial charge in [-0.2, -0.15) is 0 Å². The normalized spacial score (nSPS) is 12.1. The zero-order valence-corrected chi connectivity index (χ0v) is 17.9. The Balaban J connectivity index is 2.79. The minimum Gasteiger partial charge on any atom is -0.449 e. The van der Waals surface area contributed by atoms with Crippen LogP contribution in [0.2, 0.25) is 0 Å². The van der Waals surface area contributed by atoms with Gasteiger partial charge >= 0.3 is 18.0 Å². The van der Waals surface area contributed by atoms with Gasteiger partial charge in [-0.15, -0.1) is 0 Å². The summed E-state index contributed by atoms with van der Waals surface area (Å²) < 4.78 is 5.11. The Morgan fingerprint density at radius 1 is 1.00 bits per heavy atom. The van der Waals surface area contributed by atoms with Gasteiger partial charge in [-0.1, -0.05) is 11.8 Å². The van der Waals surface area contributed by atoms with Crippen molar-refractivity contribution in [3.8, 4) is 0 Å². The molecule has 0 spiro atoms. The number of aromatic nitrogens is 1. The number of hydrogen-bond donors (Lipinski definition) is 4. The molecule has 0 radical (unpaired) electrons. The SMILES string of the molecule is CCNC(=O)NC(=O)C(C)OC(=O)c1cccnc1SC(C)C(=O)NC(=O)NCC. The van der Waals surface area contributed by atoms with Crippen molar-refractivity contribution in [3.63, 3.8) is 0 Å². The first-order valence-electron chi connectivity index (χ1n) is 9.19. The van der Waals surface area contributed by atoms with E-state index in [2.05, 4.69) is 20.9 Å². The van der Waals surface area contributed by atoms with Gasteiger partial charge in [0.15, 0.2) is 6.10 Å². The third-order valence-electron chi connectivity index (χ3n) is 3.45. The average molecular weight is 439 g/mol. The molecule has 1 aromatic heterocycles. The fraction of sp³-hybridized carbons (Fsp3) is 0.444. The van der Waals surface area contributed by atoms with Gasteiger partial charge in [-0.3, -0.25) is 20.2 Å². The molecular formula is C18H25N5O6S. The highest BCUT2D eigenvalue weighted by Gasteiger charge is 2.25. The number of rotatable bonds is 8. The molecule has 4 N–H and O–H groups in total. The highest BCUT2D eigenvalue weighted by molar-refractivity contribution is 8.00. The first-order chi connectivity index (χ1) is 14.2. The van der Waals surface area contributed by atoms with Crippen molar-refractivity contribution in [1.82, 2.24) is 26.3 Å². The van der Waals surface area contributed by atoms with Crippen LogP contribution in [0.5, 0.6) is 0 Å². The van der Waals surface area contributed by atoms with E-state index in [1.54, 1.807) is 20.8 Å². The lowest BCUT2D eigenvalue weighted by Crippen LogP contribution is -2.44. The van der Waals surface area contributed by atoms with Crippen LogP contribution in [0.15, 0.2) is 23.4 Å². The molecule has 0 bridgehead atoms. The summed E-state index contributed by atoms with van der Waals surface area (Å²) >= 11 is 0.951. The van der Waals surface area contributed by atoms with Crippen molar-refractivity contribution >= 4 is 41.6 Å². The fourth-order valence-corrected chi connectivity index (χ4v) is 2.88. The van der Waals surface area contributed by atoms with Gasteiger partial charge in [0.05, 0.1) is 10.8 Å². The van der Waals surface area contributed by atoms with Crippen molar-refractivity contribution in [1.29, 1.82) is 0 Å². The molecule has 164 valence electrons. The van der Waals surface area contributed by atoms with Crippen LogP contribution in [0.3, 0.4) is 0 Å². The molecular weight excluding hydrogens is 414 g/mol. The predicted molar refractivity (Wildman–Crippen MR) is 109 cm³/mol. The highest BCUT2D eigenvalue weighted by atomic mass is 32.2. The van der Waals surface area contributed by atoms with Crippen LogP contribution in [0.1, 0.15) is 38.1 Å². The predicted octanol–water partition coefficient (Wildman–Crippen LogP) is 0.799. The minimum atomic E-state index is -1.24. The fourth-order valence-electron chi connectivity index (χ4n) is 1.98. The Kier molecular flexibility index (Phi) is 10.3. The molecule has 0 aliphatic carbocycles. The third kappa shape index (κ3) is 8.07. The molecule has 1 aromatic rings. The molecule has 12 heteroatoms. The second kappa shape index (κ2) is 12.4. The van der Waals surface area contributed by atoms with Crippen molar-refractivity contribution in [2.45, 2.75) is 44.1 Å². The highest BCUT2D eigenvalue weighted by Crippen LogP contribution is 2.25. The van der Waals surface area contributed by atoms with Crippen molar-refractivity contribution in [3.05, 3.63) is 23.9 Å². The van der Waals surface area contributed by atoms with Gasteiger partial charge in [-0.05, 0) is 39.8 Å². The topological polar surface area (TPSA) is 156 Å². The van der Waals surface area contributed by atoms with E-state index in [0.717, 1.165) is 11.8 Å². The summed E-state index contributed by atoms with van der Waals surface area (Å²) in [5.74, 6) is -2.20. The number of hydrogen-bond acceptors (Lipinski definition) is 8. The smallest absolute Gasteiger partial charge is 0.341 e. The Labute approximate surface area is 178 Å². The third-order valence-corrected chi connectivity index (χ3v) is 4.57. The largest absolute Gasteiger partial charge is 0.449 e. The molecule has 6 amide bonds. The number of nitrogens with zero attached hydrogens (tertiary/aromatic N) is 1. The summed E-state index contributed by atoms with van der Waals surface area (Å²) in [6.45, 7) is 6.96. The first kappa shape index (κ1) is 24.9. The van der Waals surface area contributed by atoms with Crippen molar-refractivity contribution in [2.24, 2.45) is 0 Å². The van der Waals surface area contributed by atoms with Crippen molar-refractivity contribution < 1.29 is 28.7 Å². The summed E-state index contributed by atoms with van der Waals surface area (Å²) in [6.07, 6.45) is 0.190. The zero-order valence-electron chi connectivity index (χ0n) is 17.1. The monoisotopic (exact) mass is 439 g/mol. The molecule has 0 saturated carbocycles. The molecule has 0 aliphatic heterocycles. The maximum absolute atomic E-state index is 12.5. The lowest BCUT2D eigenvalue weighted by Gasteiger charge is -2.15. The van der Waals surface area contributed by atoms with E-state index in [9.17, 15) is 24.0 Å². The van der Waals surface area contributed by atoms with Crippen LogP contribution in [0.4, 0.5) is 9.59 Å². The summed E-state index contributed by atoms with van der Waals surface area (Å²) in [6, 6.07) is 1.61. The standard InChI is InChI=1S/C18H25N5O6S/c1-5-19-17(27)22-13(24)10(3)29-16(26)12-8-7-9-21-15(12)30-11(4)14(25)23-18(28)20-6-2/h7-11H,5-6H2,1-4H3,(H2,19,22,24,27)(H2,20,23,25,28). The molecule has 0 saturated heterocycles. The lowest BCUT2D eigenvalue weighted by molar-refractivity contribution is -0.128. The summed E-state index contributed by atoms with van der Waals surface area (Å²) in [7, 11) is 0. The number of pyridine rings is 1. The molecule has 11 nitrogen and oxygen atoms in total. The van der Waals surface area contributed by atoms with Gasteiger partial charge < -0.3 is 15.4 Å². The van der Waals surface area contributed by atoms with E-state index >= 15 is 0 Å². The quantitative estimate of drug-likeness (QED) is 0.342. The van der Waals surface area contributed by atoms with Crippen LogP contribution in [-0.4, -0.2) is 59.3 Å². The van der Waals surface area contributed by atoms with Crippen LogP contribution >= 0.6 is 11.8 Å². The number of amides is 6. The van der Waals surface area contributed by atoms with Crippen molar-refractivity contribution in [2.75, 3.05) is 13.1 Å². The van der Waals surface area contributed by atoms with Gasteiger partial charge in [0.2, 0.25) is 5.91 Å². The molecule has 1 rings (SSSR count). The average Bonchev–Trinajstić information content (AvgIpc) is 2.68. The van der Waals surface area contributed by atoms with Crippen LogP contribution in [-0.2, 0) is 14.3 Å². The Morgan fingerprint density at radius 3 is 2.13 bits per heavy atom. The summed E-state index contributed by atoms with van der Waals surface area (Å²) in [4.78, 5) is 63.5. The molecule has 1 heterocycles. The molecule has 30 heavy (non-hydrogen) atoms. The maximum Gasteiger partial charge on any atom is 0.341 e. The zero-order chi connectivity index (χ0) is 22.7. The van der Waals surface area contributed by atoms with Crippen LogP contribution in [0, 0.1) is 0 Å². The number of nitrogens with one attached hydrogen (secondary N) is 4. The number of carbonyl (C=O) groups is 5. The van der Waals surface area contributed by atoms with Crippen LogP contribution < -0.4 is 21.3 Å². The number of urea groups is 2. The molecule has 0 aromatic carbocycles. The van der Waals surface area contributed by atoms with Gasteiger partial charge in [0, 0.05) is 19.3 Å². The van der Waals surface area contributed by atoms with Crippen LogP contribution in [0.25, 0.3) is 0 Å². The van der Waals surface area contributed by atoms with E-state index in [-0.39, 0.29) is 10.6 Å². The van der Waals surface area contributed by atoms with Gasteiger partial charge in [-0.25, -0.2) is 19.4 Å². The number of imide groups is 2. The van der Waals surface area contributed by atoms with Gasteiger partial charge in [0.25, 0.3) is 5.91 Å². The number of ether oxygens (including phenoxy) is 1. The first-order valence-corrected chi connectivity index (χ1v) is 10.1.